The molecule has 0 spiro atoms. The van der Waals surface area contributed by atoms with Crippen LogP contribution in [-0.4, -0.2) is 30.7 Å². The molecule has 7 nitrogen and oxygen atoms in total. The summed E-state index contributed by atoms with van der Waals surface area (Å²) in [6, 6.07) is 8.19. The predicted octanol–water partition coefficient (Wildman–Crippen LogP) is 5.71. The van der Waals surface area contributed by atoms with Crippen molar-refractivity contribution in [2.45, 2.75) is 96.9 Å². The zero-order valence-electron chi connectivity index (χ0n) is 20.6. The zero-order valence-corrected chi connectivity index (χ0v) is 20.6. The van der Waals surface area contributed by atoms with Crippen LogP contribution in [0.5, 0.6) is 0 Å². The zero-order chi connectivity index (χ0) is 24.0. The van der Waals surface area contributed by atoms with E-state index in [0.717, 1.165) is 68.4 Å². The molecule has 3 aromatic rings. The van der Waals surface area contributed by atoms with Gasteiger partial charge < -0.3 is 10.7 Å². The van der Waals surface area contributed by atoms with Crippen molar-refractivity contribution >= 4 is 11.7 Å². The summed E-state index contributed by atoms with van der Waals surface area (Å²) in [5, 5.41) is 8.50. The van der Waals surface area contributed by atoms with Crippen LogP contribution in [0.15, 0.2) is 36.7 Å². The van der Waals surface area contributed by atoms with E-state index in [2.05, 4.69) is 39.3 Å². The number of carbonyl (C=O) groups excluding carboxylic acids is 1. The summed E-state index contributed by atoms with van der Waals surface area (Å²) in [5.74, 6) is 0.684. The number of carbonyl (C=O) groups is 1. The van der Waals surface area contributed by atoms with Gasteiger partial charge in [-0.1, -0.05) is 68.5 Å². The van der Waals surface area contributed by atoms with Crippen molar-refractivity contribution in [3.8, 4) is 0 Å². The Labute approximate surface area is 203 Å². The highest BCUT2D eigenvalue weighted by Gasteiger charge is 2.07. The number of hydrogen-bond acceptors (Lipinski definition) is 5. The van der Waals surface area contributed by atoms with Gasteiger partial charge in [0.25, 0.3) is 0 Å². The fourth-order valence-corrected chi connectivity index (χ4v) is 4.20. The van der Waals surface area contributed by atoms with Crippen LogP contribution in [0.1, 0.15) is 98.4 Å². The lowest BCUT2D eigenvalue weighted by atomic mass is 10.0. The number of nitrogens with zero attached hydrogens (tertiary/aromatic N) is 4. The van der Waals surface area contributed by atoms with Crippen molar-refractivity contribution in [1.82, 2.24) is 25.0 Å². The van der Waals surface area contributed by atoms with E-state index >= 15 is 0 Å². The highest BCUT2D eigenvalue weighted by atomic mass is 16.1. The number of H-pyrrole nitrogens is 1. The van der Waals surface area contributed by atoms with Crippen LogP contribution in [0.4, 0.5) is 5.95 Å². The summed E-state index contributed by atoms with van der Waals surface area (Å²) in [6.45, 7) is 2.96. The Morgan fingerprint density at radius 2 is 1.68 bits per heavy atom. The van der Waals surface area contributed by atoms with Crippen molar-refractivity contribution in [3.63, 3.8) is 0 Å². The van der Waals surface area contributed by atoms with Gasteiger partial charge in [0.05, 0.1) is 11.9 Å². The topological polar surface area (TPSA) is 102 Å². The van der Waals surface area contributed by atoms with Gasteiger partial charge in [-0.2, -0.15) is 0 Å². The summed E-state index contributed by atoms with van der Waals surface area (Å²) in [4.78, 5) is 19.6. The van der Waals surface area contributed by atoms with Gasteiger partial charge in [0.1, 0.15) is 0 Å². The van der Waals surface area contributed by atoms with Crippen LogP contribution in [0.25, 0.3) is 0 Å². The van der Waals surface area contributed by atoms with Crippen molar-refractivity contribution in [2.75, 3.05) is 5.73 Å². The van der Waals surface area contributed by atoms with Gasteiger partial charge in [0, 0.05) is 30.4 Å². The first kappa shape index (κ1) is 25.7. The number of aromatic amines is 1. The number of unbranched alkanes of at least 4 members (excludes halogenated alkanes) is 6. The lowest BCUT2D eigenvalue weighted by molar-refractivity contribution is 0.0978. The fraction of sp³-hybridized carbons (Fsp3) is 0.556. The molecule has 0 bridgehead atoms. The van der Waals surface area contributed by atoms with Crippen LogP contribution in [0.2, 0.25) is 0 Å². The van der Waals surface area contributed by atoms with Gasteiger partial charge in [0.2, 0.25) is 0 Å². The Morgan fingerprint density at radius 1 is 0.941 bits per heavy atom. The smallest absolute Gasteiger partial charge is 0.197 e. The molecule has 0 fully saturated rings. The van der Waals surface area contributed by atoms with Gasteiger partial charge in [-0.05, 0) is 50.5 Å². The van der Waals surface area contributed by atoms with Crippen LogP contribution in [0, 0.1) is 0 Å². The molecule has 0 amide bonds. The normalized spacial score (nSPS) is 11.2. The molecule has 184 valence electrons. The molecule has 3 rings (SSSR count). The Morgan fingerprint density at radius 3 is 2.44 bits per heavy atom. The standard InChI is InChI=1S/C27H40N6O/c1-2-3-4-5-7-11-22-15-17-23(18-16-22)26(34)14-10-19-33-21-25(31-32-33)13-9-6-8-12-24-20-29-27(28)30-24/h15-18,20-21H,2-14,19H2,1H3,(H3,28,29,30). The fourth-order valence-electron chi connectivity index (χ4n) is 4.20. The minimum Gasteiger partial charge on any atom is -0.369 e. The molecule has 1 aromatic carbocycles. The van der Waals surface area contributed by atoms with E-state index in [0.29, 0.717) is 12.4 Å². The second kappa shape index (κ2) is 14.3. The van der Waals surface area contributed by atoms with Gasteiger partial charge >= 0.3 is 0 Å². The maximum atomic E-state index is 12.5. The van der Waals surface area contributed by atoms with Gasteiger partial charge in [-0.25, -0.2) is 4.98 Å². The molecule has 0 atom stereocenters. The summed E-state index contributed by atoms with van der Waals surface area (Å²) >= 11 is 0. The molecule has 0 aliphatic heterocycles. The molecule has 7 heteroatoms. The number of nitrogens with two attached hydrogens (primary N) is 1. The van der Waals surface area contributed by atoms with Crippen molar-refractivity contribution in [1.29, 1.82) is 0 Å². The minimum atomic E-state index is 0.203. The highest BCUT2D eigenvalue weighted by Crippen LogP contribution is 2.13. The number of nitrogen functional groups attached to an aromatic ring is 1. The third-order valence-electron chi connectivity index (χ3n) is 6.25. The Hall–Kier alpha value is -2.96. The van der Waals surface area contributed by atoms with Crippen LogP contribution >= 0.6 is 0 Å². The van der Waals surface area contributed by atoms with E-state index in [-0.39, 0.29) is 5.78 Å². The number of benzene rings is 1. The number of rotatable bonds is 17. The first-order valence-corrected chi connectivity index (χ1v) is 12.9. The third kappa shape index (κ3) is 9.12. The largest absolute Gasteiger partial charge is 0.369 e. The number of aryl methyl sites for hydroxylation is 4. The molecule has 0 saturated heterocycles. The first-order chi connectivity index (χ1) is 16.6. The number of aromatic nitrogens is 5. The van der Waals surface area contributed by atoms with E-state index in [1.165, 1.54) is 37.7 Å². The highest BCUT2D eigenvalue weighted by molar-refractivity contribution is 5.96. The number of nitrogens with one attached hydrogen (secondary N) is 1. The molecular weight excluding hydrogens is 424 g/mol. The predicted molar refractivity (Wildman–Crippen MR) is 137 cm³/mol. The Balaban J connectivity index is 1.28. The first-order valence-electron chi connectivity index (χ1n) is 12.9. The maximum absolute atomic E-state index is 12.5. The average Bonchev–Trinajstić information content (AvgIpc) is 3.47. The molecule has 3 N–H and O–H groups in total. The molecule has 2 heterocycles. The maximum Gasteiger partial charge on any atom is 0.197 e. The summed E-state index contributed by atoms with van der Waals surface area (Å²) < 4.78 is 1.86. The molecular formula is C27H40N6O. The van der Waals surface area contributed by atoms with Crippen LogP contribution in [0.3, 0.4) is 0 Å². The molecule has 0 aliphatic rings. The van der Waals surface area contributed by atoms with Crippen LogP contribution in [-0.2, 0) is 25.8 Å². The van der Waals surface area contributed by atoms with E-state index in [9.17, 15) is 4.79 Å². The molecule has 2 aromatic heterocycles. The SMILES string of the molecule is CCCCCCCc1ccc(C(=O)CCCn2cc(CCCCCc3cnc(N)[nH]3)nn2)cc1. The summed E-state index contributed by atoms with van der Waals surface area (Å²) in [7, 11) is 0. The van der Waals surface area contributed by atoms with E-state index in [1.54, 1.807) is 6.20 Å². The number of ketones is 1. The Bertz CT molecular complexity index is 975. The minimum absolute atomic E-state index is 0.203. The molecule has 34 heavy (non-hydrogen) atoms. The van der Waals surface area contributed by atoms with E-state index in [4.69, 9.17) is 5.73 Å². The third-order valence-corrected chi connectivity index (χ3v) is 6.25. The summed E-state index contributed by atoms with van der Waals surface area (Å²) in [6.07, 6.45) is 17.9. The summed E-state index contributed by atoms with van der Waals surface area (Å²) in [5.41, 5.74) is 9.84. The second-order valence-corrected chi connectivity index (χ2v) is 9.22. The van der Waals surface area contributed by atoms with Gasteiger partial charge in [-0.3, -0.25) is 9.48 Å². The second-order valence-electron chi connectivity index (χ2n) is 9.22. The molecule has 0 radical (unpaired) electrons. The lowest BCUT2D eigenvalue weighted by Crippen LogP contribution is -2.04. The number of imidazole rings is 1. The Kier molecular flexibility index (Phi) is 10.8. The van der Waals surface area contributed by atoms with Crippen molar-refractivity contribution in [2.24, 2.45) is 0 Å². The van der Waals surface area contributed by atoms with E-state index < -0.39 is 0 Å². The van der Waals surface area contributed by atoms with Gasteiger partial charge in [-0.15, -0.1) is 5.10 Å². The van der Waals surface area contributed by atoms with Gasteiger partial charge in [0.15, 0.2) is 11.7 Å². The van der Waals surface area contributed by atoms with E-state index in [1.807, 2.05) is 23.0 Å². The number of anilines is 1. The number of Topliss-reactive ketones (excluding diaryl/α,β-unsaturated/α-hetero) is 1. The quantitative estimate of drug-likeness (QED) is 0.197. The van der Waals surface area contributed by atoms with Crippen LogP contribution < -0.4 is 5.73 Å². The molecule has 0 unspecified atom stereocenters. The average molecular weight is 465 g/mol. The monoisotopic (exact) mass is 464 g/mol. The molecule has 0 aliphatic carbocycles. The number of hydrogen-bond donors (Lipinski definition) is 2. The molecule has 0 saturated carbocycles. The van der Waals surface area contributed by atoms with Crippen molar-refractivity contribution in [3.05, 3.63) is 59.2 Å². The van der Waals surface area contributed by atoms with Crippen molar-refractivity contribution < 1.29 is 4.79 Å². The lowest BCUT2D eigenvalue weighted by Gasteiger charge is -2.05.